The molecule has 0 aliphatic carbocycles. The molecule has 13 nitrogen and oxygen atoms in total. The molecule has 0 spiro atoms. The third-order valence-corrected chi connectivity index (χ3v) is 11.3. The van der Waals surface area contributed by atoms with E-state index in [-0.39, 0.29) is 53.8 Å². The molecule has 2 rings (SSSR count). The van der Waals surface area contributed by atoms with Crippen molar-refractivity contribution in [2.24, 2.45) is 23.7 Å². The van der Waals surface area contributed by atoms with Gasteiger partial charge < -0.3 is 39.9 Å². The zero-order valence-electron chi connectivity index (χ0n) is 35.0. The number of rotatable bonds is 20. The third kappa shape index (κ3) is 11.7. The predicted octanol–water partition coefficient (Wildman–Crippen LogP) is 3.79. The smallest absolute Gasteiger partial charge is 0.245 e. The lowest BCUT2D eigenvalue weighted by molar-refractivity contribution is -0.148. The molecule has 306 valence electrons. The van der Waals surface area contributed by atoms with Crippen LogP contribution in [0.15, 0.2) is 30.3 Å². The van der Waals surface area contributed by atoms with E-state index in [2.05, 4.69) is 10.6 Å². The Bertz CT molecular complexity index is 1380. The van der Waals surface area contributed by atoms with Crippen molar-refractivity contribution in [3.05, 3.63) is 35.9 Å². The minimum absolute atomic E-state index is 0.00548. The standard InChI is InChI=1S/C41H69N5O8/c1-14-26(6)36(45(11)41(52)34(24(2)3)43-40(51)35(25(4)5)44(10)29(9)47)32(53-12)23-33(48)46-22-18-21-31(46)38(54-13)27(7)39(50)42-28(8)37(49)30-19-16-15-17-20-30/h15-17,19-20,24-28,31-32,34-38,49H,14,18,21-23H2,1-13H3,(H,42,50)(H,43,51)/t26-,27+,28+,31-,32+,34-,35?,36-,37+,38+/m0/s1. The Morgan fingerprint density at radius 3 is 2.00 bits per heavy atom. The van der Waals surface area contributed by atoms with Gasteiger partial charge in [-0.2, -0.15) is 0 Å². The van der Waals surface area contributed by atoms with Crippen molar-refractivity contribution in [2.45, 2.75) is 137 Å². The number of likely N-dealkylation sites (N-methyl/N-ethyl adjacent to an activating group) is 2. The number of amides is 5. The molecule has 1 heterocycles. The van der Waals surface area contributed by atoms with Crippen molar-refractivity contribution in [2.75, 3.05) is 34.9 Å². The van der Waals surface area contributed by atoms with E-state index in [4.69, 9.17) is 9.47 Å². The first kappa shape index (κ1) is 46.6. The summed E-state index contributed by atoms with van der Waals surface area (Å²) >= 11 is 0. The third-order valence-electron chi connectivity index (χ3n) is 11.3. The molecule has 1 aromatic carbocycles. The van der Waals surface area contributed by atoms with Crippen molar-refractivity contribution < 1.29 is 38.6 Å². The van der Waals surface area contributed by atoms with Crippen LogP contribution in [0.25, 0.3) is 0 Å². The van der Waals surface area contributed by atoms with E-state index in [0.717, 1.165) is 6.42 Å². The van der Waals surface area contributed by atoms with Crippen molar-refractivity contribution in [1.29, 1.82) is 0 Å². The van der Waals surface area contributed by atoms with Crippen molar-refractivity contribution >= 4 is 29.5 Å². The number of hydrogen-bond donors (Lipinski definition) is 3. The first-order valence-electron chi connectivity index (χ1n) is 19.5. The van der Waals surface area contributed by atoms with Crippen molar-refractivity contribution in [1.82, 2.24) is 25.3 Å². The Kier molecular flexibility index (Phi) is 18.6. The molecule has 0 saturated carbocycles. The summed E-state index contributed by atoms with van der Waals surface area (Å²) in [7, 11) is 6.35. The summed E-state index contributed by atoms with van der Waals surface area (Å²) in [6, 6.07) is 6.10. The van der Waals surface area contributed by atoms with Gasteiger partial charge in [-0.05, 0) is 43.1 Å². The zero-order chi connectivity index (χ0) is 41.0. The highest BCUT2D eigenvalue weighted by molar-refractivity contribution is 5.92. The summed E-state index contributed by atoms with van der Waals surface area (Å²) in [4.78, 5) is 72.4. The van der Waals surface area contributed by atoms with Crippen LogP contribution in [0.5, 0.6) is 0 Å². The lowest BCUT2D eigenvalue weighted by Crippen LogP contribution is -2.60. The minimum atomic E-state index is -0.889. The Balaban J connectivity index is 2.27. The molecule has 10 atom stereocenters. The van der Waals surface area contributed by atoms with E-state index in [1.807, 2.05) is 71.9 Å². The van der Waals surface area contributed by atoms with Gasteiger partial charge in [0.1, 0.15) is 12.1 Å². The number of nitrogens with one attached hydrogen (secondary N) is 2. The molecule has 0 radical (unpaired) electrons. The Morgan fingerprint density at radius 1 is 0.889 bits per heavy atom. The van der Waals surface area contributed by atoms with Gasteiger partial charge >= 0.3 is 0 Å². The van der Waals surface area contributed by atoms with E-state index < -0.39 is 54.3 Å². The number of likely N-dealkylation sites (tertiary alicyclic amines) is 1. The molecule has 54 heavy (non-hydrogen) atoms. The number of methoxy groups -OCH3 is 2. The predicted molar refractivity (Wildman–Crippen MR) is 209 cm³/mol. The van der Waals surface area contributed by atoms with Gasteiger partial charge in [-0.1, -0.05) is 85.2 Å². The molecular formula is C41H69N5O8. The second kappa shape index (κ2) is 21.5. The topological polar surface area (TPSA) is 158 Å². The van der Waals surface area contributed by atoms with Crippen molar-refractivity contribution in [3.8, 4) is 0 Å². The van der Waals surface area contributed by atoms with Crippen LogP contribution in [0.3, 0.4) is 0 Å². The van der Waals surface area contributed by atoms with Gasteiger partial charge in [-0.15, -0.1) is 0 Å². The summed E-state index contributed by atoms with van der Waals surface area (Å²) in [6.07, 6.45) is -0.0592. The molecule has 3 N–H and O–H groups in total. The number of carbonyl (C=O) groups excluding carboxylic acids is 5. The summed E-state index contributed by atoms with van der Waals surface area (Å²) in [5, 5.41) is 16.7. The highest BCUT2D eigenvalue weighted by atomic mass is 16.5. The van der Waals surface area contributed by atoms with E-state index in [0.29, 0.717) is 24.9 Å². The number of hydrogen-bond acceptors (Lipinski definition) is 8. The van der Waals surface area contributed by atoms with Gasteiger partial charge in [-0.25, -0.2) is 0 Å². The largest absolute Gasteiger partial charge is 0.386 e. The summed E-state index contributed by atoms with van der Waals surface area (Å²) in [5.41, 5.74) is 0.700. The van der Waals surface area contributed by atoms with Crippen LogP contribution in [0.1, 0.15) is 99.7 Å². The Morgan fingerprint density at radius 2 is 1.50 bits per heavy atom. The van der Waals surface area contributed by atoms with Crippen LogP contribution in [0.4, 0.5) is 0 Å². The summed E-state index contributed by atoms with van der Waals surface area (Å²) in [6.45, 7) is 16.9. The highest BCUT2D eigenvalue weighted by Crippen LogP contribution is 2.30. The normalized spacial score (nSPS) is 19.6. The van der Waals surface area contributed by atoms with Gasteiger partial charge in [0.25, 0.3) is 0 Å². The molecule has 5 amide bonds. The molecule has 0 bridgehead atoms. The molecule has 1 aliphatic rings. The van der Waals surface area contributed by atoms with Crippen LogP contribution in [0, 0.1) is 23.7 Å². The lowest BCUT2D eigenvalue weighted by Gasteiger charge is -2.41. The molecule has 1 aliphatic heterocycles. The first-order chi connectivity index (χ1) is 25.3. The number of carbonyl (C=O) groups is 5. The van der Waals surface area contributed by atoms with Crippen LogP contribution in [-0.2, 0) is 33.4 Å². The van der Waals surface area contributed by atoms with Crippen LogP contribution >= 0.6 is 0 Å². The number of aliphatic hydroxyl groups excluding tert-OH is 1. The molecule has 1 saturated heterocycles. The molecule has 1 unspecified atom stereocenters. The Labute approximate surface area is 323 Å². The van der Waals surface area contributed by atoms with Gasteiger partial charge in [-0.3, -0.25) is 24.0 Å². The summed E-state index contributed by atoms with van der Waals surface area (Å²) in [5.74, 6) is -2.54. The van der Waals surface area contributed by atoms with Gasteiger partial charge in [0, 0.05) is 41.8 Å². The number of aliphatic hydroxyl groups is 1. The zero-order valence-corrected chi connectivity index (χ0v) is 35.0. The monoisotopic (exact) mass is 760 g/mol. The second-order valence-electron chi connectivity index (χ2n) is 15.8. The highest BCUT2D eigenvalue weighted by Gasteiger charge is 2.43. The van der Waals surface area contributed by atoms with Gasteiger partial charge in [0.2, 0.25) is 29.5 Å². The maximum Gasteiger partial charge on any atom is 0.245 e. The number of benzene rings is 1. The minimum Gasteiger partial charge on any atom is -0.386 e. The molecule has 0 aromatic heterocycles. The average molecular weight is 760 g/mol. The first-order valence-corrected chi connectivity index (χ1v) is 19.5. The van der Waals surface area contributed by atoms with E-state index >= 15 is 0 Å². The second-order valence-corrected chi connectivity index (χ2v) is 15.8. The molecule has 13 heteroatoms. The summed E-state index contributed by atoms with van der Waals surface area (Å²) < 4.78 is 11.9. The van der Waals surface area contributed by atoms with E-state index in [1.165, 1.54) is 18.9 Å². The Hall–Kier alpha value is -3.55. The average Bonchev–Trinajstić information content (AvgIpc) is 3.62. The van der Waals surface area contributed by atoms with E-state index in [1.54, 1.807) is 44.9 Å². The lowest BCUT2D eigenvalue weighted by atomic mass is 9.89. The molecular weight excluding hydrogens is 690 g/mol. The molecule has 1 aromatic rings. The van der Waals surface area contributed by atoms with Crippen LogP contribution in [0.2, 0.25) is 0 Å². The fourth-order valence-corrected chi connectivity index (χ4v) is 7.77. The number of ether oxygens (including phenoxy) is 2. The van der Waals surface area contributed by atoms with Crippen LogP contribution < -0.4 is 10.6 Å². The van der Waals surface area contributed by atoms with Gasteiger partial charge in [0.05, 0.1) is 48.8 Å². The quantitative estimate of drug-likeness (QED) is 0.181. The maximum atomic E-state index is 14.3. The maximum absolute atomic E-state index is 14.3. The van der Waals surface area contributed by atoms with Crippen LogP contribution in [-0.4, -0.2) is 127 Å². The number of nitrogens with zero attached hydrogens (tertiary/aromatic N) is 3. The molecule has 1 fully saturated rings. The van der Waals surface area contributed by atoms with E-state index in [9.17, 15) is 29.1 Å². The SMILES string of the molecule is CC[C@H](C)[C@@H]([C@@H](CC(=O)N1CCC[C@H]1[C@H](OC)[C@@H](C)C(=O)N[C@H](C)[C@@H](O)c1ccccc1)OC)N(C)C(=O)[C@@H](NC(=O)C(C(C)C)N(C)C(C)=O)C(C)C. The fraction of sp³-hybridized carbons (Fsp3) is 0.732. The van der Waals surface area contributed by atoms with Gasteiger partial charge in [0.15, 0.2) is 0 Å². The fourth-order valence-electron chi connectivity index (χ4n) is 7.77. The van der Waals surface area contributed by atoms with Crippen molar-refractivity contribution in [3.63, 3.8) is 0 Å².